The summed E-state index contributed by atoms with van der Waals surface area (Å²) in [5.74, 6) is 1.57. The van der Waals surface area contributed by atoms with E-state index in [-0.39, 0.29) is 5.41 Å². The Labute approximate surface area is 109 Å². The van der Waals surface area contributed by atoms with E-state index >= 15 is 0 Å². The maximum Gasteiger partial charge on any atom is 0.125 e. The zero-order valence-corrected chi connectivity index (χ0v) is 11.8. The van der Waals surface area contributed by atoms with E-state index in [1.165, 1.54) is 0 Å². The van der Waals surface area contributed by atoms with Gasteiger partial charge in [0.2, 0.25) is 0 Å². The Kier molecular flexibility index (Phi) is 3.06. The SMILES string of the molecule is COc1cc(C2(O)CC2)c(OC)cc1C(C)(C)C. The number of aliphatic hydroxyl groups is 1. The highest BCUT2D eigenvalue weighted by molar-refractivity contribution is 5.52. The lowest BCUT2D eigenvalue weighted by Gasteiger charge is -2.25. The predicted octanol–water partition coefficient (Wildman–Crippen LogP) is 2.98. The van der Waals surface area contributed by atoms with E-state index in [2.05, 4.69) is 20.8 Å². The van der Waals surface area contributed by atoms with Crippen molar-refractivity contribution < 1.29 is 14.6 Å². The first-order valence-corrected chi connectivity index (χ1v) is 6.31. The Balaban J connectivity index is 2.58. The highest BCUT2D eigenvalue weighted by Gasteiger charge is 2.45. The molecule has 0 saturated heterocycles. The molecule has 1 fully saturated rings. The summed E-state index contributed by atoms with van der Waals surface area (Å²) in [6, 6.07) is 3.91. The fourth-order valence-corrected chi connectivity index (χ4v) is 2.24. The van der Waals surface area contributed by atoms with E-state index in [1.54, 1.807) is 14.2 Å². The third kappa shape index (κ3) is 2.19. The Bertz CT molecular complexity index is 421. The molecule has 1 aromatic rings. The number of methoxy groups -OCH3 is 2. The molecule has 0 bridgehead atoms. The molecule has 0 amide bonds. The number of ether oxygens (including phenoxy) is 2. The van der Waals surface area contributed by atoms with Crippen molar-refractivity contribution in [2.45, 2.75) is 44.6 Å². The van der Waals surface area contributed by atoms with Crippen LogP contribution in [-0.2, 0) is 11.0 Å². The molecular weight excluding hydrogens is 228 g/mol. The molecule has 0 spiro atoms. The summed E-state index contributed by atoms with van der Waals surface area (Å²) in [4.78, 5) is 0. The van der Waals surface area contributed by atoms with Gasteiger partial charge in [0.05, 0.1) is 19.8 Å². The van der Waals surface area contributed by atoms with Gasteiger partial charge in [-0.05, 0) is 30.4 Å². The standard InChI is InChI=1S/C15H22O3/c1-14(2,3)10-8-13(18-5)11(9-12(10)17-4)15(16)6-7-15/h8-9,16H,6-7H2,1-5H3. The normalized spacial score (nSPS) is 17.4. The molecule has 1 aliphatic carbocycles. The quantitative estimate of drug-likeness (QED) is 0.896. The second-order valence-corrected chi connectivity index (χ2v) is 6.03. The number of benzene rings is 1. The third-order valence-electron chi connectivity index (χ3n) is 3.55. The van der Waals surface area contributed by atoms with Crippen molar-refractivity contribution in [2.24, 2.45) is 0 Å². The summed E-state index contributed by atoms with van der Waals surface area (Å²) in [7, 11) is 3.31. The zero-order valence-electron chi connectivity index (χ0n) is 11.8. The first-order valence-electron chi connectivity index (χ1n) is 6.31. The summed E-state index contributed by atoms with van der Waals surface area (Å²) < 4.78 is 10.9. The van der Waals surface area contributed by atoms with Crippen LogP contribution in [0, 0.1) is 0 Å². The van der Waals surface area contributed by atoms with Crippen LogP contribution in [0.15, 0.2) is 12.1 Å². The molecule has 1 N–H and O–H groups in total. The van der Waals surface area contributed by atoms with Gasteiger partial charge in [0, 0.05) is 11.1 Å². The van der Waals surface area contributed by atoms with Gasteiger partial charge in [0.25, 0.3) is 0 Å². The monoisotopic (exact) mass is 250 g/mol. The molecule has 2 rings (SSSR count). The minimum absolute atomic E-state index is 0.0245. The molecule has 0 aromatic heterocycles. The second-order valence-electron chi connectivity index (χ2n) is 6.03. The average Bonchev–Trinajstić information content (AvgIpc) is 3.05. The molecule has 1 saturated carbocycles. The summed E-state index contributed by atoms with van der Waals surface area (Å²) >= 11 is 0. The molecule has 0 heterocycles. The van der Waals surface area contributed by atoms with E-state index in [9.17, 15) is 5.11 Å². The van der Waals surface area contributed by atoms with Gasteiger partial charge in [-0.1, -0.05) is 20.8 Å². The van der Waals surface area contributed by atoms with Crippen LogP contribution >= 0.6 is 0 Å². The summed E-state index contributed by atoms with van der Waals surface area (Å²) in [5.41, 5.74) is 1.20. The van der Waals surface area contributed by atoms with E-state index in [4.69, 9.17) is 9.47 Å². The molecule has 3 nitrogen and oxygen atoms in total. The van der Waals surface area contributed by atoms with Crippen molar-refractivity contribution in [3.8, 4) is 11.5 Å². The van der Waals surface area contributed by atoms with Crippen molar-refractivity contribution in [1.29, 1.82) is 0 Å². The largest absolute Gasteiger partial charge is 0.496 e. The zero-order chi connectivity index (χ0) is 13.6. The number of rotatable bonds is 3. The van der Waals surface area contributed by atoms with Crippen LogP contribution in [0.4, 0.5) is 0 Å². The highest BCUT2D eigenvalue weighted by atomic mass is 16.5. The summed E-state index contributed by atoms with van der Waals surface area (Å²) in [6.45, 7) is 6.40. The molecule has 0 aliphatic heterocycles. The van der Waals surface area contributed by atoms with Crippen LogP contribution in [0.2, 0.25) is 0 Å². The molecule has 0 radical (unpaired) electrons. The molecule has 1 aliphatic rings. The number of hydrogen-bond acceptors (Lipinski definition) is 3. The van der Waals surface area contributed by atoms with Gasteiger partial charge in [-0.25, -0.2) is 0 Å². The topological polar surface area (TPSA) is 38.7 Å². The lowest BCUT2D eigenvalue weighted by Crippen LogP contribution is -2.15. The molecule has 100 valence electrons. The minimum Gasteiger partial charge on any atom is -0.496 e. The molecule has 0 atom stereocenters. The fourth-order valence-electron chi connectivity index (χ4n) is 2.24. The van der Waals surface area contributed by atoms with E-state index < -0.39 is 5.60 Å². The molecule has 1 aromatic carbocycles. The van der Waals surface area contributed by atoms with Gasteiger partial charge in [0.15, 0.2) is 0 Å². The Morgan fingerprint density at radius 3 is 2.00 bits per heavy atom. The molecule has 3 heteroatoms. The van der Waals surface area contributed by atoms with Gasteiger partial charge >= 0.3 is 0 Å². The van der Waals surface area contributed by atoms with Crippen molar-refractivity contribution >= 4 is 0 Å². The first kappa shape index (κ1) is 13.2. The van der Waals surface area contributed by atoms with Crippen molar-refractivity contribution in [1.82, 2.24) is 0 Å². The van der Waals surface area contributed by atoms with Gasteiger partial charge in [-0.3, -0.25) is 0 Å². The van der Waals surface area contributed by atoms with Crippen LogP contribution in [0.5, 0.6) is 11.5 Å². The maximum absolute atomic E-state index is 10.3. The highest BCUT2D eigenvalue weighted by Crippen LogP contribution is 2.51. The van der Waals surface area contributed by atoms with Crippen LogP contribution in [0.3, 0.4) is 0 Å². The van der Waals surface area contributed by atoms with Gasteiger partial charge < -0.3 is 14.6 Å². The van der Waals surface area contributed by atoms with E-state index in [0.29, 0.717) is 0 Å². The number of hydrogen-bond donors (Lipinski definition) is 1. The first-order chi connectivity index (χ1) is 8.31. The van der Waals surface area contributed by atoms with Crippen molar-refractivity contribution in [2.75, 3.05) is 14.2 Å². The maximum atomic E-state index is 10.3. The fraction of sp³-hybridized carbons (Fsp3) is 0.600. The molecule has 18 heavy (non-hydrogen) atoms. The van der Waals surface area contributed by atoms with Crippen LogP contribution in [0.1, 0.15) is 44.7 Å². The average molecular weight is 250 g/mol. The van der Waals surface area contributed by atoms with Gasteiger partial charge in [-0.15, -0.1) is 0 Å². The molecule has 0 unspecified atom stereocenters. The summed E-state index contributed by atoms with van der Waals surface area (Å²) in [6.07, 6.45) is 1.59. The van der Waals surface area contributed by atoms with Crippen LogP contribution in [-0.4, -0.2) is 19.3 Å². The van der Waals surface area contributed by atoms with Crippen molar-refractivity contribution in [3.63, 3.8) is 0 Å². The predicted molar refractivity (Wildman–Crippen MR) is 71.4 cm³/mol. The van der Waals surface area contributed by atoms with Gasteiger partial charge in [0.1, 0.15) is 11.5 Å². The van der Waals surface area contributed by atoms with E-state index in [0.717, 1.165) is 35.5 Å². The molecular formula is C15H22O3. The smallest absolute Gasteiger partial charge is 0.125 e. The lowest BCUT2D eigenvalue weighted by atomic mass is 9.85. The van der Waals surface area contributed by atoms with Crippen molar-refractivity contribution in [3.05, 3.63) is 23.3 Å². The lowest BCUT2D eigenvalue weighted by molar-refractivity contribution is 0.147. The van der Waals surface area contributed by atoms with E-state index in [1.807, 2.05) is 12.1 Å². The minimum atomic E-state index is -0.713. The summed E-state index contributed by atoms with van der Waals surface area (Å²) in [5, 5.41) is 10.3. The van der Waals surface area contributed by atoms with Crippen LogP contribution < -0.4 is 9.47 Å². The Morgan fingerprint density at radius 2 is 1.61 bits per heavy atom. The van der Waals surface area contributed by atoms with Gasteiger partial charge in [-0.2, -0.15) is 0 Å². The second kappa shape index (κ2) is 4.16. The van der Waals surface area contributed by atoms with Crippen LogP contribution in [0.25, 0.3) is 0 Å². The Hall–Kier alpha value is -1.22. The third-order valence-corrected chi connectivity index (χ3v) is 3.55. The Morgan fingerprint density at radius 1 is 1.06 bits per heavy atom.